The fourth-order valence-electron chi connectivity index (χ4n) is 1.45. The molecule has 0 spiro atoms. The molecule has 0 aliphatic carbocycles. The summed E-state index contributed by atoms with van der Waals surface area (Å²) >= 11 is 0. The normalized spacial score (nSPS) is 10.2. The van der Waals surface area contributed by atoms with E-state index >= 15 is 0 Å². The predicted octanol–water partition coefficient (Wildman–Crippen LogP) is 3.07. The Kier molecular flexibility index (Phi) is 3.40. The standard InChI is InChI=1S/C10H3F4N5O/c11-5-4(10(20)19-2-1-16-3-19)6(12)8(14)9(7(5)13)17-18-15/h1-3H. The molecule has 0 bridgehead atoms. The maximum atomic E-state index is 13.6. The quantitative estimate of drug-likeness (QED) is 0.279. The van der Waals surface area contributed by atoms with Crippen LogP contribution in [0.25, 0.3) is 10.4 Å². The second-order valence-electron chi connectivity index (χ2n) is 3.44. The fraction of sp³-hybridized carbons (Fsp3) is 0. The van der Waals surface area contributed by atoms with Gasteiger partial charge >= 0.3 is 0 Å². The summed E-state index contributed by atoms with van der Waals surface area (Å²) in [5.41, 5.74) is 5.15. The highest BCUT2D eigenvalue weighted by Gasteiger charge is 2.29. The third kappa shape index (κ3) is 1.97. The van der Waals surface area contributed by atoms with E-state index in [4.69, 9.17) is 5.53 Å². The van der Waals surface area contributed by atoms with Crippen LogP contribution in [0.2, 0.25) is 0 Å². The van der Waals surface area contributed by atoms with Gasteiger partial charge in [-0.05, 0) is 5.53 Å². The molecule has 102 valence electrons. The molecule has 0 saturated heterocycles. The van der Waals surface area contributed by atoms with E-state index in [1.807, 2.05) is 4.91 Å². The fourth-order valence-corrected chi connectivity index (χ4v) is 1.45. The van der Waals surface area contributed by atoms with Gasteiger partial charge in [0.15, 0.2) is 23.3 Å². The van der Waals surface area contributed by atoms with E-state index in [0.717, 1.165) is 18.7 Å². The summed E-state index contributed by atoms with van der Waals surface area (Å²) in [5, 5.41) is 2.51. The van der Waals surface area contributed by atoms with Crippen LogP contribution < -0.4 is 0 Å². The van der Waals surface area contributed by atoms with Crippen LogP contribution in [0.3, 0.4) is 0 Å². The van der Waals surface area contributed by atoms with Crippen LogP contribution in [0, 0.1) is 23.3 Å². The number of rotatable bonds is 2. The Labute approximate surface area is 107 Å². The highest BCUT2D eigenvalue weighted by molar-refractivity contribution is 5.96. The van der Waals surface area contributed by atoms with Crippen molar-refractivity contribution in [2.45, 2.75) is 0 Å². The third-order valence-electron chi connectivity index (χ3n) is 2.34. The molecule has 1 heterocycles. The Bertz CT molecular complexity index is 708. The van der Waals surface area contributed by atoms with Gasteiger partial charge in [-0.1, -0.05) is 5.11 Å². The van der Waals surface area contributed by atoms with Crippen molar-refractivity contribution in [2.75, 3.05) is 0 Å². The molecule has 0 fully saturated rings. The molecule has 0 N–H and O–H groups in total. The Morgan fingerprint density at radius 3 is 2.25 bits per heavy atom. The highest BCUT2D eigenvalue weighted by Crippen LogP contribution is 2.30. The molecule has 0 aliphatic rings. The van der Waals surface area contributed by atoms with Gasteiger partial charge in [0.1, 0.15) is 17.6 Å². The number of benzene rings is 1. The Balaban J connectivity index is 2.73. The van der Waals surface area contributed by atoms with Crippen molar-refractivity contribution in [3.05, 3.63) is 58.0 Å². The minimum Gasteiger partial charge on any atom is -0.272 e. The maximum absolute atomic E-state index is 13.6. The van der Waals surface area contributed by atoms with Gasteiger partial charge in [0, 0.05) is 17.3 Å². The Hall–Kier alpha value is -2.87. The van der Waals surface area contributed by atoms with Crippen LogP contribution in [0.15, 0.2) is 23.8 Å². The second kappa shape index (κ2) is 5.02. The first-order valence-electron chi connectivity index (χ1n) is 4.92. The van der Waals surface area contributed by atoms with E-state index in [0.29, 0.717) is 4.57 Å². The van der Waals surface area contributed by atoms with Gasteiger partial charge in [-0.15, -0.1) is 0 Å². The lowest BCUT2D eigenvalue weighted by Crippen LogP contribution is -2.16. The molecule has 1 aromatic carbocycles. The number of hydrogen-bond acceptors (Lipinski definition) is 3. The molecule has 10 heteroatoms. The minimum atomic E-state index is -1.95. The van der Waals surface area contributed by atoms with Crippen LogP contribution in [-0.2, 0) is 0 Å². The lowest BCUT2D eigenvalue weighted by molar-refractivity contribution is 0.0949. The van der Waals surface area contributed by atoms with E-state index in [2.05, 4.69) is 10.1 Å². The molecule has 6 nitrogen and oxygen atoms in total. The van der Waals surface area contributed by atoms with Crippen molar-refractivity contribution in [1.29, 1.82) is 0 Å². The van der Waals surface area contributed by atoms with Gasteiger partial charge in [-0.25, -0.2) is 22.5 Å². The van der Waals surface area contributed by atoms with E-state index < -0.39 is 40.4 Å². The summed E-state index contributed by atoms with van der Waals surface area (Å²) in [7, 11) is 0. The van der Waals surface area contributed by atoms with Crippen LogP contribution in [0.4, 0.5) is 23.2 Å². The summed E-state index contributed by atoms with van der Waals surface area (Å²) in [4.78, 5) is 17.2. The summed E-state index contributed by atoms with van der Waals surface area (Å²) < 4.78 is 54.9. The molecule has 1 aromatic heterocycles. The third-order valence-corrected chi connectivity index (χ3v) is 2.34. The minimum absolute atomic E-state index is 0.633. The summed E-state index contributed by atoms with van der Waals surface area (Å²) in [5.74, 6) is -9.17. The molecule has 0 radical (unpaired) electrons. The van der Waals surface area contributed by atoms with Gasteiger partial charge in [-0.2, -0.15) is 0 Å². The first-order chi connectivity index (χ1) is 9.49. The smallest absolute Gasteiger partial charge is 0.269 e. The number of aromatic nitrogens is 2. The summed E-state index contributed by atoms with van der Waals surface area (Å²) in [6.45, 7) is 0. The zero-order valence-electron chi connectivity index (χ0n) is 9.39. The topological polar surface area (TPSA) is 83.7 Å². The van der Waals surface area contributed by atoms with Crippen LogP contribution in [0.5, 0.6) is 0 Å². The molecule has 0 aliphatic heterocycles. The van der Waals surface area contributed by atoms with Crippen molar-refractivity contribution < 1.29 is 22.4 Å². The Morgan fingerprint density at radius 2 is 1.80 bits per heavy atom. The van der Waals surface area contributed by atoms with Crippen LogP contribution >= 0.6 is 0 Å². The predicted molar refractivity (Wildman–Crippen MR) is 57.0 cm³/mol. The Morgan fingerprint density at radius 1 is 1.20 bits per heavy atom. The number of hydrogen-bond donors (Lipinski definition) is 0. The van der Waals surface area contributed by atoms with E-state index in [1.54, 1.807) is 0 Å². The summed E-state index contributed by atoms with van der Waals surface area (Å²) in [6.07, 6.45) is 3.07. The molecular weight excluding hydrogens is 282 g/mol. The lowest BCUT2D eigenvalue weighted by atomic mass is 10.1. The number of nitrogens with zero attached hydrogens (tertiary/aromatic N) is 5. The van der Waals surface area contributed by atoms with Gasteiger partial charge in [-0.3, -0.25) is 9.36 Å². The van der Waals surface area contributed by atoms with Gasteiger partial charge in [0.2, 0.25) is 0 Å². The van der Waals surface area contributed by atoms with Crippen molar-refractivity contribution in [1.82, 2.24) is 9.55 Å². The second-order valence-corrected chi connectivity index (χ2v) is 3.44. The molecule has 2 aromatic rings. The number of carbonyl (C=O) groups excluding carboxylic acids is 1. The maximum Gasteiger partial charge on any atom is 0.269 e. The lowest BCUT2D eigenvalue weighted by Gasteiger charge is -2.08. The van der Waals surface area contributed by atoms with Gasteiger partial charge in [0.05, 0.1) is 0 Å². The first-order valence-corrected chi connectivity index (χ1v) is 4.92. The largest absolute Gasteiger partial charge is 0.272 e. The molecule has 20 heavy (non-hydrogen) atoms. The van der Waals surface area contributed by atoms with E-state index in [1.165, 1.54) is 0 Å². The molecular formula is C10H3F4N5O. The van der Waals surface area contributed by atoms with Crippen molar-refractivity contribution in [3.63, 3.8) is 0 Å². The average Bonchev–Trinajstić information content (AvgIpc) is 2.95. The monoisotopic (exact) mass is 285 g/mol. The highest BCUT2D eigenvalue weighted by atomic mass is 19.2. The number of halogens is 4. The molecule has 0 saturated carbocycles. The van der Waals surface area contributed by atoms with Gasteiger partial charge < -0.3 is 0 Å². The average molecular weight is 285 g/mol. The van der Waals surface area contributed by atoms with Crippen LogP contribution in [0.1, 0.15) is 10.4 Å². The SMILES string of the molecule is [N-]=[N+]=Nc1c(F)c(F)c(C(=O)n2ccnc2)c(F)c1F. The van der Waals surface area contributed by atoms with Crippen molar-refractivity contribution >= 4 is 11.6 Å². The molecule has 0 atom stereocenters. The van der Waals surface area contributed by atoms with Crippen LogP contribution in [-0.4, -0.2) is 15.5 Å². The molecule has 0 amide bonds. The van der Waals surface area contributed by atoms with Gasteiger partial charge in [0.25, 0.3) is 5.91 Å². The molecule has 2 rings (SSSR count). The zero-order chi connectivity index (χ0) is 14.9. The molecule has 0 unspecified atom stereocenters. The first kappa shape index (κ1) is 13.6. The summed E-state index contributed by atoms with van der Waals surface area (Å²) in [6, 6.07) is 0. The number of imidazole rings is 1. The van der Waals surface area contributed by atoms with Crippen molar-refractivity contribution in [2.24, 2.45) is 5.11 Å². The van der Waals surface area contributed by atoms with Crippen molar-refractivity contribution in [3.8, 4) is 0 Å². The number of azide groups is 1. The van der Waals surface area contributed by atoms with E-state index in [9.17, 15) is 22.4 Å². The number of carbonyl (C=O) groups is 1. The zero-order valence-corrected chi connectivity index (χ0v) is 9.39. The van der Waals surface area contributed by atoms with E-state index in [-0.39, 0.29) is 0 Å².